The molecule has 0 radical (unpaired) electrons. The van der Waals surface area contributed by atoms with E-state index in [4.69, 9.17) is 4.74 Å². The van der Waals surface area contributed by atoms with Crippen LogP contribution in [0.5, 0.6) is 11.5 Å². The number of nitro groups is 1. The lowest BCUT2D eigenvalue weighted by molar-refractivity contribution is -0.385. The van der Waals surface area contributed by atoms with Crippen molar-refractivity contribution in [1.29, 1.82) is 0 Å². The molecule has 1 aliphatic rings. The van der Waals surface area contributed by atoms with E-state index in [2.05, 4.69) is 10.3 Å². The second-order valence-corrected chi connectivity index (χ2v) is 5.95. The number of aromatic nitrogens is 1. The summed E-state index contributed by atoms with van der Waals surface area (Å²) in [5.41, 5.74) is -0.383. The number of halogens is 1. The van der Waals surface area contributed by atoms with Crippen molar-refractivity contribution in [3.63, 3.8) is 0 Å². The summed E-state index contributed by atoms with van der Waals surface area (Å²) in [5, 5.41) is 22.6. The van der Waals surface area contributed by atoms with Gasteiger partial charge in [-0.15, -0.1) is 0 Å². The Morgan fingerprint density at radius 3 is 2.96 bits per heavy atom. The van der Waals surface area contributed by atoms with Crippen LogP contribution < -0.4 is 10.1 Å². The molecule has 0 saturated carbocycles. The number of nitrogens with zero attached hydrogens (tertiary/aromatic N) is 3. The average molecular weight is 376 g/mol. The van der Waals surface area contributed by atoms with Gasteiger partial charge in [0.2, 0.25) is 0 Å². The zero-order valence-electron chi connectivity index (χ0n) is 14.2. The number of nitro benzene ring substituents is 1. The highest BCUT2D eigenvalue weighted by Crippen LogP contribution is 2.28. The quantitative estimate of drug-likeness (QED) is 0.612. The highest BCUT2D eigenvalue weighted by molar-refractivity contribution is 5.88. The molecule has 0 bridgehead atoms. The van der Waals surface area contributed by atoms with Crippen LogP contribution in [0.1, 0.15) is 12.8 Å². The molecule has 1 saturated heterocycles. The summed E-state index contributed by atoms with van der Waals surface area (Å²) in [5.74, 6) is -0.671. The van der Waals surface area contributed by atoms with E-state index in [0.717, 1.165) is 31.0 Å². The largest absolute Gasteiger partial charge is 0.454 e. The molecule has 142 valence electrons. The van der Waals surface area contributed by atoms with E-state index >= 15 is 0 Å². The van der Waals surface area contributed by atoms with Crippen molar-refractivity contribution < 1.29 is 24.0 Å². The fraction of sp³-hybridized carbons (Fsp3) is 0.294. The van der Waals surface area contributed by atoms with Gasteiger partial charge in [-0.1, -0.05) is 0 Å². The average Bonchev–Trinajstić information content (AvgIpc) is 3.12. The first-order valence-corrected chi connectivity index (χ1v) is 8.24. The minimum Gasteiger partial charge on any atom is -0.454 e. The molecule has 2 amide bonds. The van der Waals surface area contributed by atoms with E-state index in [1.807, 2.05) is 0 Å². The smallest absolute Gasteiger partial charge is 0.323 e. The SMILES string of the molecule is O=C(Nc1cc(Oc2ccc([N+](=O)[O-])cc2F)ccn1)N1CCC[C@H]1CO. The van der Waals surface area contributed by atoms with Gasteiger partial charge >= 0.3 is 6.03 Å². The van der Waals surface area contributed by atoms with Gasteiger partial charge in [-0.3, -0.25) is 15.4 Å². The number of carbonyl (C=O) groups excluding carboxylic acids is 1. The lowest BCUT2D eigenvalue weighted by Gasteiger charge is -2.23. The van der Waals surface area contributed by atoms with Crippen LogP contribution >= 0.6 is 0 Å². The molecule has 2 heterocycles. The molecule has 1 aromatic carbocycles. The lowest BCUT2D eigenvalue weighted by atomic mass is 10.2. The summed E-state index contributed by atoms with van der Waals surface area (Å²) >= 11 is 0. The third-order valence-electron chi connectivity index (χ3n) is 4.17. The van der Waals surface area contributed by atoms with Gasteiger partial charge in [0, 0.05) is 24.9 Å². The molecule has 3 rings (SSSR count). The molecule has 2 N–H and O–H groups in total. The zero-order chi connectivity index (χ0) is 19.4. The Hall–Kier alpha value is -3.27. The van der Waals surface area contributed by atoms with Crippen LogP contribution in [-0.2, 0) is 0 Å². The third kappa shape index (κ3) is 4.29. The number of ether oxygens (including phenoxy) is 1. The first-order chi connectivity index (χ1) is 13.0. The normalized spacial score (nSPS) is 16.2. The van der Waals surface area contributed by atoms with Gasteiger partial charge in [-0.25, -0.2) is 14.2 Å². The van der Waals surface area contributed by atoms with Gasteiger partial charge in [-0.2, -0.15) is 0 Å². The van der Waals surface area contributed by atoms with Gasteiger partial charge in [0.05, 0.1) is 23.6 Å². The van der Waals surface area contributed by atoms with E-state index in [1.54, 1.807) is 0 Å². The van der Waals surface area contributed by atoms with E-state index in [0.29, 0.717) is 6.54 Å². The molecule has 1 fully saturated rings. The number of hydrogen-bond acceptors (Lipinski definition) is 6. The van der Waals surface area contributed by atoms with E-state index < -0.39 is 16.8 Å². The number of pyridine rings is 1. The second-order valence-electron chi connectivity index (χ2n) is 5.95. The van der Waals surface area contributed by atoms with Crippen molar-refractivity contribution in [2.75, 3.05) is 18.5 Å². The molecule has 1 aliphatic heterocycles. The zero-order valence-corrected chi connectivity index (χ0v) is 14.2. The Morgan fingerprint density at radius 1 is 1.44 bits per heavy atom. The fourth-order valence-corrected chi connectivity index (χ4v) is 2.83. The van der Waals surface area contributed by atoms with Gasteiger partial charge in [0.1, 0.15) is 11.6 Å². The van der Waals surface area contributed by atoms with Crippen LogP contribution in [0.2, 0.25) is 0 Å². The van der Waals surface area contributed by atoms with Crippen molar-refractivity contribution >= 4 is 17.5 Å². The topological polar surface area (TPSA) is 118 Å². The van der Waals surface area contributed by atoms with Crippen molar-refractivity contribution in [2.24, 2.45) is 0 Å². The van der Waals surface area contributed by atoms with Gasteiger partial charge in [-0.05, 0) is 25.0 Å². The van der Waals surface area contributed by atoms with E-state index in [1.165, 1.54) is 23.2 Å². The number of benzene rings is 1. The second kappa shape index (κ2) is 7.96. The summed E-state index contributed by atoms with van der Waals surface area (Å²) in [4.78, 5) is 27.8. The van der Waals surface area contributed by atoms with Crippen molar-refractivity contribution in [3.05, 3.63) is 52.5 Å². The highest BCUT2D eigenvalue weighted by atomic mass is 19.1. The van der Waals surface area contributed by atoms with Crippen LogP contribution in [-0.4, -0.2) is 45.1 Å². The minimum atomic E-state index is -0.880. The van der Waals surface area contributed by atoms with Crippen LogP contribution in [0.15, 0.2) is 36.5 Å². The molecular weight excluding hydrogens is 359 g/mol. The number of nitrogens with one attached hydrogen (secondary N) is 1. The van der Waals surface area contributed by atoms with Crippen molar-refractivity contribution in [2.45, 2.75) is 18.9 Å². The number of urea groups is 1. The Bertz CT molecular complexity index is 863. The Kier molecular flexibility index (Phi) is 5.46. The number of amides is 2. The van der Waals surface area contributed by atoms with E-state index in [9.17, 15) is 24.4 Å². The molecule has 2 aromatic rings. The molecule has 0 spiro atoms. The van der Waals surface area contributed by atoms with Gasteiger partial charge in [0.15, 0.2) is 11.6 Å². The summed E-state index contributed by atoms with van der Waals surface area (Å²) in [7, 11) is 0. The number of aliphatic hydroxyl groups is 1. The minimum absolute atomic E-state index is 0.108. The number of non-ortho nitro benzene ring substituents is 1. The molecule has 27 heavy (non-hydrogen) atoms. The number of hydrogen-bond donors (Lipinski definition) is 2. The summed E-state index contributed by atoms with van der Waals surface area (Å²) in [6.45, 7) is 0.435. The standard InChI is InChI=1S/C17H17FN4O5/c18-14-8-11(22(25)26)3-4-15(14)27-13-5-6-19-16(9-13)20-17(24)21-7-1-2-12(21)10-23/h3-6,8-9,12,23H,1-2,7,10H2,(H,19,20,24)/t12-/m0/s1. The summed E-state index contributed by atoms with van der Waals surface area (Å²) in [6.07, 6.45) is 2.93. The maximum absolute atomic E-state index is 13.9. The number of rotatable bonds is 5. The number of aliphatic hydroxyl groups excluding tert-OH is 1. The van der Waals surface area contributed by atoms with Gasteiger partial charge in [0.25, 0.3) is 5.69 Å². The molecular formula is C17H17FN4O5. The number of carbonyl (C=O) groups is 1. The third-order valence-corrected chi connectivity index (χ3v) is 4.17. The summed E-state index contributed by atoms with van der Waals surface area (Å²) < 4.78 is 19.3. The van der Waals surface area contributed by atoms with Crippen LogP contribution in [0, 0.1) is 15.9 Å². The Balaban J connectivity index is 1.70. The molecule has 1 aromatic heterocycles. The number of anilines is 1. The fourth-order valence-electron chi connectivity index (χ4n) is 2.83. The number of likely N-dealkylation sites (tertiary alicyclic amines) is 1. The predicted molar refractivity (Wildman–Crippen MR) is 93.2 cm³/mol. The van der Waals surface area contributed by atoms with Crippen molar-refractivity contribution in [1.82, 2.24) is 9.88 Å². The highest BCUT2D eigenvalue weighted by Gasteiger charge is 2.28. The van der Waals surface area contributed by atoms with Crippen LogP contribution in [0.4, 0.5) is 20.7 Å². The van der Waals surface area contributed by atoms with Crippen molar-refractivity contribution in [3.8, 4) is 11.5 Å². The molecule has 9 nitrogen and oxygen atoms in total. The first kappa shape index (κ1) is 18.5. The molecule has 0 aliphatic carbocycles. The summed E-state index contributed by atoms with van der Waals surface area (Å²) in [6, 6.07) is 5.30. The molecule has 1 atom stereocenters. The predicted octanol–water partition coefficient (Wildman–Crippen LogP) is 2.91. The first-order valence-electron chi connectivity index (χ1n) is 8.24. The van der Waals surface area contributed by atoms with E-state index in [-0.39, 0.29) is 35.7 Å². The van der Waals surface area contributed by atoms with Crippen LogP contribution in [0.25, 0.3) is 0 Å². The van der Waals surface area contributed by atoms with Gasteiger partial charge < -0.3 is 14.7 Å². The maximum atomic E-state index is 13.9. The molecule has 0 unspecified atom stereocenters. The lowest BCUT2D eigenvalue weighted by Crippen LogP contribution is -2.40. The monoisotopic (exact) mass is 376 g/mol. The Morgan fingerprint density at radius 2 is 2.26 bits per heavy atom. The maximum Gasteiger partial charge on any atom is 0.323 e. The Labute approximate surface area is 153 Å². The molecule has 10 heteroatoms. The van der Waals surface area contributed by atoms with Crippen LogP contribution in [0.3, 0.4) is 0 Å².